The highest BCUT2D eigenvalue weighted by Crippen LogP contribution is 2.40. The maximum absolute atomic E-state index is 12.9. The van der Waals surface area contributed by atoms with E-state index in [1.54, 1.807) is 41.1 Å². The van der Waals surface area contributed by atoms with Crippen LogP contribution in [0.3, 0.4) is 0 Å². The summed E-state index contributed by atoms with van der Waals surface area (Å²) in [5.74, 6) is -0.0744. The summed E-state index contributed by atoms with van der Waals surface area (Å²) < 4.78 is 12.6. The lowest BCUT2D eigenvalue weighted by atomic mass is 9.88. The van der Waals surface area contributed by atoms with E-state index in [-0.39, 0.29) is 23.7 Å². The first-order valence-corrected chi connectivity index (χ1v) is 11.4. The van der Waals surface area contributed by atoms with Gasteiger partial charge in [0.1, 0.15) is 5.56 Å². The van der Waals surface area contributed by atoms with E-state index in [1.807, 2.05) is 6.07 Å². The monoisotopic (exact) mass is 497 g/mol. The Morgan fingerprint density at radius 2 is 1.84 bits per heavy atom. The first kappa shape index (κ1) is 22.3. The lowest BCUT2D eigenvalue weighted by Gasteiger charge is -2.20. The van der Waals surface area contributed by atoms with E-state index >= 15 is 0 Å². The van der Waals surface area contributed by atoms with Crippen LogP contribution in [0, 0.1) is 10.1 Å². The standard InChI is InChI=1S/C26H19N5O6/c27-25(32)23-18-9-6-14-5-7-15(28-26(33)17-3-1-2-4-20(17)31(34)35)11-19(14)24(18)30(29-23)16-8-10-21-22(12-16)37-13-36-21/h1-5,7-8,10-12H,6,9,13H2,(H2,27,32)(H,28,33). The second-order valence-corrected chi connectivity index (χ2v) is 8.59. The van der Waals surface area contributed by atoms with Gasteiger partial charge in [-0.3, -0.25) is 19.7 Å². The molecule has 0 saturated carbocycles. The molecule has 2 aliphatic rings. The van der Waals surface area contributed by atoms with Crippen LogP contribution in [0.4, 0.5) is 11.4 Å². The predicted molar refractivity (Wildman–Crippen MR) is 132 cm³/mol. The predicted octanol–water partition coefficient (Wildman–Crippen LogP) is 3.63. The zero-order valence-corrected chi connectivity index (χ0v) is 19.3. The van der Waals surface area contributed by atoms with E-state index in [9.17, 15) is 19.7 Å². The molecule has 11 nitrogen and oxygen atoms in total. The zero-order chi connectivity index (χ0) is 25.7. The number of primary amides is 1. The molecule has 3 aromatic carbocycles. The van der Waals surface area contributed by atoms with Crippen LogP contribution in [0.2, 0.25) is 0 Å². The van der Waals surface area contributed by atoms with Crippen molar-refractivity contribution in [3.63, 3.8) is 0 Å². The molecule has 0 spiro atoms. The molecule has 4 aromatic rings. The Labute approximate surface area is 209 Å². The van der Waals surface area contributed by atoms with Gasteiger partial charge in [0.15, 0.2) is 17.2 Å². The van der Waals surface area contributed by atoms with Crippen molar-refractivity contribution in [3.8, 4) is 28.4 Å². The van der Waals surface area contributed by atoms with E-state index in [1.165, 1.54) is 18.2 Å². The highest BCUT2D eigenvalue weighted by Gasteiger charge is 2.29. The van der Waals surface area contributed by atoms with Gasteiger partial charge in [0.2, 0.25) is 6.79 Å². The van der Waals surface area contributed by atoms with Crippen LogP contribution in [0.25, 0.3) is 16.9 Å². The number of hydrogen-bond acceptors (Lipinski definition) is 7. The van der Waals surface area contributed by atoms with Crippen molar-refractivity contribution in [1.82, 2.24) is 9.78 Å². The molecule has 0 saturated heterocycles. The Hall–Kier alpha value is -5.19. The van der Waals surface area contributed by atoms with Crippen LogP contribution in [0.1, 0.15) is 32.0 Å². The van der Waals surface area contributed by atoms with Crippen LogP contribution in [0.5, 0.6) is 11.5 Å². The van der Waals surface area contributed by atoms with E-state index in [4.69, 9.17) is 15.2 Å². The molecule has 1 aliphatic heterocycles. The Kier molecular flexibility index (Phi) is 5.11. The molecule has 0 bridgehead atoms. The fourth-order valence-corrected chi connectivity index (χ4v) is 4.74. The van der Waals surface area contributed by atoms with Gasteiger partial charge in [-0.15, -0.1) is 0 Å². The molecule has 1 aromatic heterocycles. The van der Waals surface area contributed by atoms with Gasteiger partial charge in [-0.2, -0.15) is 5.10 Å². The second-order valence-electron chi connectivity index (χ2n) is 8.59. The summed E-state index contributed by atoms with van der Waals surface area (Å²) in [5.41, 5.74) is 9.74. The summed E-state index contributed by atoms with van der Waals surface area (Å²) in [7, 11) is 0. The highest BCUT2D eigenvalue weighted by atomic mass is 16.7. The van der Waals surface area contributed by atoms with Crippen molar-refractivity contribution in [2.45, 2.75) is 12.8 Å². The molecule has 11 heteroatoms. The number of nitrogens with two attached hydrogens (primary N) is 1. The number of carbonyl (C=O) groups excluding carboxylic acids is 2. The fraction of sp³-hybridized carbons (Fsp3) is 0.115. The molecule has 0 atom stereocenters. The van der Waals surface area contributed by atoms with Gasteiger partial charge in [0.25, 0.3) is 17.5 Å². The quantitative estimate of drug-likeness (QED) is 0.315. The third-order valence-electron chi connectivity index (χ3n) is 6.43. The van der Waals surface area contributed by atoms with Crippen LogP contribution >= 0.6 is 0 Å². The number of carbonyl (C=O) groups is 2. The van der Waals surface area contributed by atoms with Gasteiger partial charge in [0.05, 0.1) is 16.3 Å². The summed E-state index contributed by atoms with van der Waals surface area (Å²) in [6.07, 6.45) is 1.21. The maximum Gasteiger partial charge on any atom is 0.282 e. The SMILES string of the molecule is NC(=O)c1nn(-c2ccc3c(c2)OCO3)c2c1CCc1ccc(NC(=O)c3ccccc3[N+](=O)[O-])cc1-2. The number of aryl methyl sites for hydroxylation is 1. The molecule has 0 unspecified atom stereocenters. The number of para-hydroxylation sites is 1. The number of anilines is 1. The number of aromatic nitrogens is 2. The third-order valence-corrected chi connectivity index (χ3v) is 6.43. The van der Waals surface area contributed by atoms with Gasteiger partial charge in [-0.1, -0.05) is 18.2 Å². The first-order valence-electron chi connectivity index (χ1n) is 11.4. The number of rotatable bonds is 5. The molecule has 37 heavy (non-hydrogen) atoms. The summed E-state index contributed by atoms with van der Waals surface area (Å²) in [5, 5.41) is 18.7. The molecular formula is C26H19N5O6. The van der Waals surface area contributed by atoms with Crippen molar-refractivity contribution in [2.75, 3.05) is 12.1 Å². The number of amides is 2. The topological polar surface area (TPSA) is 152 Å². The summed E-state index contributed by atoms with van der Waals surface area (Å²) in [6.45, 7) is 0.119. The van der Waals surface area contributed by atoms with E-state index in [0.717, 1.165) is 11.1 Å². The molecular weight excluding hydrogens is 478 g/mol. The van der Waals surface area contributed by atoms with Gasteiger partial charge in [-0.25, -0.2) is 4.68 Å². The third kappa shape index (κ3) is 3.73. The van der Waals surface area contributed by atoms with Crippen LogP contribution < -0.4 is 20.5 Å². The lowest BCUT2D eigenvalue weighted by Crippen LogP contribution is -2.16. The van der Waals surface area contributed by atoms with Gasteiger partial charge in [-0.05, 0) is 48.7 Å². The molecule has 0 radical (unpaired) electrons. The van der Waals surface area contributed by atoms with Crippen LogP contribution in [-0.4, -0.2) is 33.3 Å². The Balaban J connectivity index is 1.44. The average molecular weight is 497 g/mol. The number of nitro benzene ring substituents is 1. The van der Waals surface area contributed by atoms with Crippen molar-refractivity contribution in [3.05, 3.63) is 93.2 Å². The van der Waals surface area contributed by atoms with Crippen molar-refractivity contribution in [2.24, 2.45) is 5.73 Å². The minimum Gasteiger partial charge on any atom is -0.454 e. The Morgan fingerprint density at radius 1 is 1.03 bits per heavy atom. The summed E-state index contributed by atoms with van der Waals surface area (Å²) >= 11 is 0. The number of fused-ring (bicyclic) bond motifs is 4. The number of nitrogens with one attached hydrogen (secondary N) is 1. The number of nitro groups is 1. The van der Waals surface area contributed by atoms with Crippen LogP contribution in [-0.2, 0) is 12.8 Å². The minimum atomic E-state index is -0.639. The van der Waals surface area contributed by atoms with Crippen molar-refractivity contribution in [1.29, 1.82) is 0 Å². The van der Waals surface area contributed by atoms with E-state index < -0.39 is 16.7 Å². The van der Waals surface area contributed by atoms with Crippen molar-refractivity contribution < 1.29 is 24.0 Å². The van der Waals surface area contributed by atoms with Gasteiger partial charge < -0.3 is 20.5 Å². The normalized spacial score (nSPS) is 13.0. The molecule has 6 rings (SSSR count). The smallest absolute Gasteiger partial charge is 0.282 e. The molecule has 184 valence electrons. The average Bonchev–Trinajstić information content (AvgIpc) is 3.53. The summed E-state index contributed by atoms with van der Waals surface area (Å²) in [6, 6.07) is 16.5. The number of benzene rings is 3. The van der Waals surface area contributed by atoms with Crippen LogP contribution in [0.15, 0.2) is 60.7 Å². The van der Waals surface area contributed by atoms with Crippen molar-refractivity contribution >= 4 is 23.2 Å². The number of hydrogen-bond donors (Lipinski definition) is 2. The van der Waals surface area contributed by atoms with Gasteiger partial charge >= 0.3 is 0 Å². The van der Waals surface area contributed by atoms with Gasteiger partial charge in [0, 0.05) is 28.9 Å². The molecule has 2 heterocycles. The molecule has 1 aliphatic carbocycles. The molecule has 2 amide bonds. The van der Waals surface area contributed by atoms with E-state index in [2.05, 4.69) is 10.4 Å². The molecule has 0 fully saturated rings. The largest absolute Gasteiger partial charge is 0.454 e. The lowest BCUT2D eigenvalue weighted by molar-refractivity contribution is -0.385. The Bertz CT molecular complexity index is 1630. The van der Waals surface area contributed by atoms with E-state index in [0.29, 0.717) is 47.0 Å². The Morgan fingerprint density at radius 3 is 2.65 bits per heavy atom. The summed E-state index contributed by atoms with van der Waals surface area (Å²) in [4.78, 5) is 36.0. The number of nitrogens with zero attached hydrogens (tertiary/aromatic N) is 3. The zero-order valence-electron chi connectivity index (χ0n) is 19.3. The first-order chi connectivity index (χ1) is 17.9. The number of ether oxygens (including phenoxy) is 2. The maximum atomic E-state index is 12.9. The second kappa shape index (κ2) is 8.48. The minimum absolute atomic E-state index is 0.0488. The molecule has 3 N–H and O–H groups in total. The fourth-order valence-electron chi connectivity index (χ4n) is 4.74. The highest BCUT2D eigenvalue weighted by molar-refractivity contribution is 6.07.